The summed E-state index contributed by atoms with van der Waals surface area (Å²) in [6.07, 6.45) is 2.86. The van der Waals surface area contributed by atoms with Gasteiger partial charge in [-0.2, -0.15) is 0 Å². The van der Waals surface area contributed by atoms with Gasteiger partial charge in [0.15, 0.2) is 0 Å². The van der Waals surface area contributed by atoms with Gasteiger partial charge in [-0.05, 0) is 32.4 Å². The van der Waals surface area contributed by atoms with Crippen LogP contribution in [0.25, 0.3) is 0 Å². The standard InChI is InChI=1S/C9H17N3/c1-9(2,10)5-7-12-8-4-3-6-11-8/h3-4,6,11-12H,5,7,10H2,1-2H3. The van der Waals surface area contributed by atoms with Crippen LogP contribution in [-0.2, 0) is 0 Å². The average Bonchev–Trinajstić information content (AvgIpc) is 2.36. The monoisotopic (exact) mass is 167 g/mol. The summed E-state index contributed by atoms with van der Waals surface area (Å²) in [5, 5.41) is 3.25. The molecule has 12 heavy (non-hydrogen) atoms. The van der Waals surface area contributed by atoms with Gasteiger partial charge in [-0.25, -0.2) is 0 Å². The molecule has 0 radical (unpaired) electrons. The van der Waals surface area contributed by atoms with Crippen LogP contribution in [0.4, 0.5) is 5.82 Å². The zero-order valence-electron chi connectivity index (χ0n) is 7.72. The largest absolute Gasteiger partial charge is 0.372 e. The molecule has 0 saturated heterocycles. The molecule has 1 rings (SSSR count). The Morgan fingerprint density at radius 2 is 2.33 bits per heavy atom. The number of hydrogen-bond acceptors (Lipinski definition) is 2. The van der Waals surface area contributed by atoms with E-state index in [0.717, 1.165) is 18.8 Å². The second-order valence-corrected chi connectivity index (χ2v) is 3.75. The van der Waals surface area contributed by atoms with E-state index in [1.165, 1.54) is 0 Å². The molecule has 0 aromatic carbocycles. The van der Waals surface area contributed by atoms with E-state index in [-0.39, 0.29) is 5.54 Å². The first kappa shape index (κ1) is 9.13. The van der Waals surface area contributed by atoms with Gasteiger partial charge >= 0.3 is 0 Å². The van der Waals surface area contributed by atoms with E-state index in [4.69, 9.17) is 5.73 Å². The Hall–Kier alpha value is -0.960. The van der Waals surface area contributed by atoms with Crippen molar-refractivity contribution in [3.05, 3.63) is 18.3 Å². The fourth-order valence-corrected chi connectivity index (χ4v) is 0.960. The van der Waals surface area contributed by atoms with Crippen LogP contribution >= 0.6 is 0 Å². The van der Waals surface area contributed by atoms with E-state index in [1.807, 2.05) is 32.2 Å². The highest BCUT2D eigenvalue weighted by Crippen LogP contribution is 2.05. The highest BCUT2D eigenvalue weighted by Gasteiger charge is 2.08. The lowest BCUT2D eigenvalue weighted by atomic mass is 10.0. The van der Waals surface area contributed by atoms with Crippen molar-refractivity contribution in [3.8, 4) is 0 Å². The molecule has 1 aromatic rings. The number of aromatic amines is 1. The summed E-state index contributed by atoms with van der Waals surface area (Å²) in [5.74, 6) is 1.05. The lowest BCUT2D eigenvalue weighted by Crippen LogP contribution is -2.34. The first-order valence-corrected chi connectivity index (χ1v) is 4.24. The topological polar surface area (TPSA) is 53.8 Å². The smallest absolute Gasteiger partial charge is 0.103 e. The SMILES string of the molecule is CC(C)(N)CCNc1ccc[nH]1. The molecule has 68 valence electrons. The van der Waals surface area contributed by atoms with Crippen LogP contribution in [0.15, 0.2) is 18.3 Å². The van der Waals surface area contributed by atoms with Crippen molar-refractivity contribution >= 4 is 5.82 Å². The van der Waals surface area contributed by atoms with Crippen LogP contribution in [0.2, 0.25) is 0 Å². The molecule has 3 nitrogen and oxygen atoms in total. The molecule has 1 heterocycles. The Kier molecular flexibility index (Phi) is 2.76. The Balaban J connectivity index is 2.20. The molecular formula is C9H17N3. The van der Waals surface area contributed by atoms with Gasteiger partial charge < -0.3 is 16.0 Å². The Morgan fingerprint density at radius 1 is 1.58 bits per heavy atom. The van der Waals surface area contributed by atoms with E-state index in [2.05, 4.69) is 10.3 Å². The fourth-order valence-electron chi connectivity index (χ4n) is 0.960. The predicted octanol–water partition coefficient (Wildman–Crippen LogP) is 1.55. The minimum atomic E-state index is -0.0837. The lowest BCUT2D eigenvalue weighted by Gasteiger charge is -2.18. The molecule has 0 fully saturated rings. The molecule has 0 aliphatic carbocycles. The highest BCUT2D eigenvalue weighted by molar-refractivity contribution is 5.33. The van der Waals surface area contributed by atoms with Crippen molar-refractivity contribution in [1.29, 1.82) is 0 Å². The Morgan fingerprint density at radius 3 is 2.83 bits per heavy atom. The maximum Gasteiger partial charge on any atom is 0.103 e. The first-order valence-electron chi connectivity index (χ1n) is 4.24. The minimum Gasteiger partial charge on any atom is -0.372 e. The van der Waals surface area contributed by atoms with Gasteiger partial charge in [-0.3, -0.25) is 0 Å². The van der Waals surface area contributed by atoms with E-state index < -0.39 is 0 Å². The van der Waals surface area contributed by atoms with Gasteiger partial charge in [0.1, 0.15) is 5.82 Å². The number of H-pyrrole nitrogens is 1. The number of rotatable bonds is 4. The lowest BCUT2D eigenvalue weighted by molar-refractivity contribution is 0.490. The molecule has 0 saturated carbocycles. The maximum atomic E-state index is 5.82. The summed E-state index contributed by atoms with van der Waals surface area (Å²) in [6, 6.07) is 3.97. The summed E-state index contributed by atoms with van der Waals surface area (Å²) in [6.45, 7) is 4.97. The van der Waals surface area contributed by atoms with Crippen LogP contribution < -0.4 is 11.1 Å². The molecule has 0 unspecified atom stereocenters. The predicted molar refractivity (Wildman–Crippen MR) is 52.2 cm³/mol. The van der Waals surface area contributed by atoms with Crippen LogP contribution in [0.3, 0.4) is 0 Å². The number of anilines is 1. The molecule has 0 atom stereocenters. The maximum absolute atomic E-state index is 5.82. The van der Waals surface area contributed by atoms with Gasteiger partial charge in [0.2, 0.25) is 0 Å². The minimum absolute atomic E-state index is 0.0837. The Bertz CT molecular complexity index is 208. The second kappa shape index (κ2) is 3.63. The van der Waals surface area contributed by atoms with E-state index in [1.54, 1.807) is 0 Å². The normalized spacial score (nSPS) is 11.6. The zero-order chi connectivity index (χ0) is 9.03. The van der Waals surface area contributed by atoms with Crippen molar-refractivity contribution in [2.24, 2.45) is 5.73 Å². The number of hydrogen-bond donors (Lipinski definition) is 3. The molecular weight excluding hydrogens is 150 g/mol. The number of nitrogens with two attached hydrogens (primary N) is 1. The van der Waals surface area contributed by atoms with Crippen LogP contribution in [0.5, 0.6) is 0 Å². The number of nitrogens with one attached hydrogen (secondary N) is 2. The first-order chi connectivity index (χ1) is 5.58. The summed E-state index contributed by atoms with van der Waals surface area (Å²) >= 11 is 0. The van der Waals surface area contributed by atoms with Gasteiger partial charge in [0.25, 0.3) is 0 Å². The third kappa shape index (κ3) is 3.44. The van der Waals surface area contributed by atoms with Gasteiger partial charge in [-0.1, -0.05) is 0 Å². The van der Waals surface area contributed by atoms with Crippen molar-refractivity contribution in [1.82, 2.24) is 4.98 Å². The van der Waals surface area contributed by atoms with Crippen molar-refractivity contribution < 1.29 is 0 Å². The molecule has 1 aromatic heterocycles. The van der Waals surface area contributed by atoms with Crippen molar-refractivity contribution in [3.63, 3.8) is 0 Å². The van der Waals surface area contributed by atoms with Crippen molar-refractivity contribution in [2.45, 2.75) is 25.8 Å². The van der Waals surface area contributed by atoms with Gasteiger partial charge in [-0.15, -0.1) is 0 Å². The highest BCUT2D eigenvalue weighted by atomic mass is 15.0. The zero-order valence-corrected chi connectivity index (χ0v) is 7.72. The summed E-state index contributed by atoms with van der Waals surface area (Å²) in [5.41, 5.74) is 5.74. The van der Waals surface area contributed by atoms with Gasteiger partial charge in [0, 0.05) is 18.3 Å². The quantitative estimate of drug-likeness (QED) is 0.637. The molecule has 0 bridgehead atoms. The third-order valence-corrected chi connectivity index (χ3v) is 1.68. The molecule has 0 aliphatic rings. The van der Waals surface area contributed by atoms with Crippen LogP contribution in [-0.4, -0.2) is 17.1 Å². The van der Waals surface area contributed by atoms with Crippen LogP contribution in [0, 0.1) is 0 Å². The van der Waals surface area contributed by atoms with E-state index in [9.17, 15) is 0 Å². The summed E-state index contributed by atoms with van der Waals surface area (Å²) in [4.78, 5) is 3.07. The summed E-state index contributed by atoms with van der Waals surface area (Å²) < 4.78 is 0. The number of aromatic nitrogens is 1. The average molecular weight is 167 g/mol. The second-order valence-electron chi connectivity index (χ2n) is 3.75. The van der Waals surface area contributed by atoms with Gasteiger partial charge in [0.05, 0.1) is 0 Å². The molecule has 0 amide bonds. The molecule has 4 N–H and O–H groups in total. The summed E-state index contributed by atoms with van der Waals surface area (Å²) in [7, 11) is 0. The van der Waals surface area contributed by atoms with E-state index in [0.29, 0.717) is 0 Å². The molecule has 0 aliphatic heterocycles. The fraction of sp³-hybridized carbons (Fsp3) is 0.556. The third-order valence-electron chi connectivity index (χ3n) is 1.68. The molecule has 0 spiro atoms. The van der Waals surface area contributed by atoms with Crippen molar-refractivity contribution in [2.75, 3.05) is 11.9 Å². The van der Waals surface area contributed by atoms with E-state index >= 15 is 0 Å². The van der Waals surface area contributed by atoms with Crippen LogP contribution in [0.1, 0.15) is 20.3 Å². The molecule has 3 heteroatoms. The Labute approximate surface area is 73.4 Å².